The van der Waals surface area contributed by atoms with Crippen molar-refractivity contribution in [3.63, 3.8) is 0 Å². The number of amides is 1. The summed E-state index contributed by atoms with van der Waals surface area (Å²) in [6, 6.07) is 7.97. The topological polar surface area (TPSA) is 124 Å². The first-order valence-electron chi connectivity index (χ1n) is 18.0. The Kier molecular flexibility index (Phi) is 24.3. The van der Waals surface area contributed by atoms with E-state index in [4.69, 9.17) is 14.9 Å². The highest BCUT2D eigenvalue weighted by molar-refractivity contribution is 5.84. The number of likely N-dealkylation sites (tertiary alicyclic amines) is 1. The summed E-state index contributed by atoms with van der Waals surface area (Å²) < 4.78 is 26.8. The second kappa shape index (κ2) is 27.1. The van der Waals surface area contributed by atoms with E-state index in [1.807, 2.05) is 39.0 Å². The number of fused-ring (bicyclic) bond motifs is 1. The predicted octanol–water partition coefficient (Wildman–Crippen LogP) is 7.87. The standard InChI is InChI=1S/C12H23N.C10H9NO2.C9H18FNO.C7H14O3/c1-10-12(8-9-13(10)2)11-6-4-3-5-7-11;1-7-4-8-5-9(11-6-12)2-3-10(8)13-7;1-2-8(7-12)4-3-5-9(11)6-10;1-2-9-5-3-4-6-10-7-8/h10-12H,3-9H2,1-2H3;2-6H,1H3,(H,11,12);7-9H,2-6,11H2,1H3;7H,2-6H2,1H3. The number of nitrogens with two attached hydrogens (primary N) is 1. The Morgan fingerprint density at radius 1 is 1.04 bits per heavy atom. The van der Waals surface area contributed by atoms with Gasteiger partial charge in [0.15, 0.2) is 0 Å². The van der Waals surface area contributed by atoms with Crippen LogP contribution in [0.5, 0.6) is 0 Å². The third-order valence-corrected chi connectivity index (χ3v) is 9.39. The van der Waals surface area contributed by atoms with Crippen molar-refractivity contribution in [1.29, 1.82) is 0 Å². The zero-order valence-electron chi connectivity index (χ0n) is 30.3. The van der Waals surface area contributed by atoms with Crippen molar-refractivity contribution in [3.05, 3.63) is 30.0 Å². The molecule has 1 saturated carbocycles. The lowest BCUT2D eigenvalue weighted by Crippen LogP contribution is -2.30. The lowest BCUT2D eigenvalue weighted by Gasteiger charge is -2.31. The first-order valence-corrected chi connectivity index (χ1v) is 18.0. The van der Waals surface area contributed by atoms with Gasteiger partial charge in [-0.05, 0) is 109 Å². The molecule has 1 aliphatic carbocycles. The van der Waals surface area contributed by atoms with Crippen LogP contribution < -0.4 is 11.1 Å². The summed E-state index contributed by atoms with van der Waals surface area (Å²) in [6.07, 6.45) is 15.7. The molecule has 4 unspecified atom stereocenters. The molecule has 2 aromatic rings. The summed E-state index contributed by atoms with van der Waals surface area (Å²) in [7, 11) is 2.29. The van der Waals surface area contributed by atoms with Gasteiger partial charge >= 0.3 is 0 Å². The Balaban J connectivity index is 0.000000322. The molecule has 1 aromatic carbocycles. The molecule has 2 aliphatic rings. The molecule has 3 N–H and O–H groups in total. The normalized spacial score (nSPS) is 19.0. The molecule has 1 amide bonds. The van der Waals surface area contributed by atoms with Crippen molar-refractivity contribution in [2.45, 2.75) is 117 Å². The third kappa shape index (κ3) is 18.1. The number of nitrogens with zero attached hydrogens (tertiary/aromatic N) is 1. The molecule has 10 heteroatoms. The van der Waals surface area contributed by atoms with E-state index in [2.05, 4.69) is 28.9 Å². The zero-order chi connectivity index (χ0) is 35.6. The molecular weight excluding hydrogens is 613 g/mol. The van der Waals surface area contributed by atoms with Crippen LogP contribution in [-0.2, 0) is 23.9 Å². The van der Waals surface area contributed by atoms with Crippen molar-refractivity contribution >= 4 is 35.8 Å². The molecule has 48 heavy (non-hydrogen) atoms. The molecule has 274 valence electrons. The number of alkyl halides is 1. The molecule has 9 nitrogen and oxygen atoms in total. The number of ether oxygens (including phenoxy) is 2. The van der Waals surface area contributed by atoms with Crippen LogP contribution in [0.1, 0.15) is 104 Å². The molecule has 4 atom stereocenters. The summed E-state index contributed by atoms with van der Waals surface area (Å²) in [5, 5.41) is 3.59. The SMILES string of the molecule is CC1C(C2CCCCC2)CCN1C.CCC(C=O)CCCC(N)CF.CCOCCCCOC=O.Cc1cc2cc(NC=O)ccc2o1. The van der Waals surface area contributed by atoms with Crippen molar-refractivity contribution in [3.8, 4) is 0 Å². The number of carbonyl (C=O) groups is 3. The molecule has 1 aromatic heterocycles. The Morgan fingerprint density at radius 3 is 2.35 bits per heavy atom. The Labute approximate surface area is 288 Å². The number of furan rings is 1. The highest BCUT2D eigenvalue weighted by Crippen LogP contribution is 2.37. The van der Waals surface area contributed by atoms with Gasteiger partial charge in [-0.25, -0.2) is 4.39 Å². The average molecular weight is 678 g/mol. The highest BCUT2D eigenvalue weighted by Gasteiger charge is 2.34. The predicted molar refractivity (Wildman–Crippen MR) is 193 cm³/mol. The fourth-order valence-corrected chi connectivity index (χ4v) is 6.32. The molecule has 1 saturated heterocycles. The average Bonchev–Trinajstić information content (AvgIpc) is 3.65. The first-order chi connectivity index (χ1) is 23.2. The lowest BCUT2D eigenvalue weighted by molar-refractivity contribution is -0.128. The van der Waals surface area contributed by atoms with Gasteiger partial charge in [0.2, 0.25) is 6.41 Å². The fourth-order valence-electron chi connectivity index (χ4n) is 6.32. The van der Waals surface area contributed by atoms with Crippen LogP contribution in [0.2, 0.25) is 0 Å². The minimum atomic E-state index is -0.460. The number of carbonyl (C=O) groups excluding carboxylic acids is 3. The van der Waals surface area contributed by atoms with Gasteiger partial charge in [-0.1, -0.05) is 45.4 Å². The van der Waals surface area contributed by atoms with E-state index < -0.39 is 6.67 Å². The smallest absolute Gasteiger partial charge is 0.293 e. The second-order valence-corrected chi connectivity index (χ2v) is 13.0. The minimum Gasteiger partial charge on any atom is -0.468 e. The highest BCUT2D eigenvalue weighted by atomic mass is 19.1. The van der Waals surface area contributed by atoms with E-state index >= 15 is 0 Å². The van der Waals surface area contributed by atoms with Crippen molar-refractivity contribution in [2.24, 2.45) is 23.5 Å². The van der Waals surface area contributed by atoms with Gasteiger partial charge in [-0.15, -0.1) is 0 Å². The number of hydrogen-bond acceptors (Lipinski definition) is 8. The van der Waals surface area contributed by atoms with E-state index in [1.54, 1.807) is 6.07 Å². The number of rotatable bonds is 17. The number of benzene rings is 1. The van der Waals surface area contributed by atoms with Gasteiger partial charge < -0.3 is 34.6 Å². The second-order valence-electron chi connectivity index (χ2n) is 13.0. The summed E-state index contributed by atoms with van der Waals surface area (Å²) >= 11 is 0. The number of aldehydes is 1. The molecular formula is C38H64FN3O6. The van der Waals surface area contributed by atoms with E-state index in [9.17, 15) is 18.8 Å². The number of unbranched alkanes of at least 4 members (excludes halogenated alkanes) is 1. The van der Waals surface area contributed by atoms with Crippen LogP contribution in [-0.4, -0.2) is 76.2 Å². The van der Waals surface area contributed by atoms with Gasteiger partial charge in [0.1, 0.15) is 24.3 Å². The van der Waals surface area contributed by atoms with Crippen LogP contribution in [0.25, 0.3) is 11.0 Å². The van der Waals surface area contributed by atoms with Crippen LogP contribution in [0, 0.1) is 24.7 Å². The quantitative estimate of drug-likeness (QED) is 0.128. The number of aryl methyl sites for hydroxylation is 1. The molecule has 0 spiro atoms. The fraction of sp³-hybridized carbons (Fsp3) is 0.711. The van der Waals surface area contributed by atoms with E-state index in [1.165, 1.54) is 45.1 Å². The maximum atomic E-state index is 11.9. The summed E-state index contributed by atoms with van der Waals surface area (Å²) in [6.45, 7) is 11.6. The van der Waals surface area contributed by atoms with Crippen LogP contribution in [0.3, 0.4) is 0 Å². The summed E-state index contributed by atoms with van der Waals surface area (Å²) in [5.41, 5.74) is 7.00. The molecule has 4 rings (SSSR count). The molecule has 0 bridgehead atoms. The van der Waals surface area contributed by atoms with Gasteiger partial charge in [-0.3, -0.25) is 9.59 Å². The Hall–Kier alpha value is -2.82. The van der Waals surface area contributed by atoms with Crippen molar-refractivity contribution in [1.82, 2.24) is 4.90 Å². The minimum absolute atomic E-state index is 0.136. The Bertz CT molecular complexity index is 1110. The summed E-state index contributed by atoms with van der Waals surface area (Å²) in [4.78, 5) is 32.7. The van der Waals surface area contributed by atoms with Gasteiger partial charge in [0.25, 0.3) is 6.47 Å². The number of halogens is 1. The maximum Gasteiger partial charge on any atom is 0.293 e. The van der Waals surface area contributed by atoms with Crippen LogP contribution >= 0.6 is 0 Å². The maximum absolute atomic E-state index is 11.9. The largest absolute Gasteiger partial charge is 0.468 e. The molecule has 1 aliphatic heterocycles. The molecule has 2 heterocycles. The summed E-state index contributed by atoms with van der Waals surface area (Å²) in [5.74, 6) is 3.09. The molecule has 2 fully saturated rings. The van der Waals surface area contributed by atoms with Gasteiger partial charge in [0.05, 0.1) is 6.61 Å². The van der Waals surface area contributed by atoms with Crippen LogP contribution in [0.15, 0.2) is 28.7 Å². The zero-order valence-corrected chi connectivity index (χ0v) is 30.3. The van der Waals surface area contributed by atoms with Crippen molar-refractivity contribution in [2.75, 3.05) is 45.4 Å². The third-order valence-electron chi connectivity index (χ3n) is 9.39. The molecule has 0 radical (unpaired) electrons. The Morgan fingerprint density at radius 2 is 1.77 bits per heavy atom. The van der Waals surface area contributed by atoms with Crippen LogP contribution in [0.4, 0.5) is 10.1 Å². The number of nitrogens with one attached hydrogen (secondary N) is 1. The van der Waals surface area contributed by atoms with E-state index in [-0.39, 0.29) is 12.0 Å². The monoisotopic (exact) mass is 677 g/mol. The first kappa shape index (κ1) is 43.2. The van der Waals surface area contributed by atoms with Gasteiger partial charge in [-0.2, -0.15) is 0 Å². The van der Waals surface area contributed by atoms with Gasteiger partial charge in [0, 0.05) is 42.3 Å². The number of hydrogen-bond donors (Lipinski definition) is 2. The number of anilines is 1. The van der Waals surface area contributed by atoms with E-state index in [0.29, 0.717) is 25.9 Å². The lowest BCUT2D eigenvalue weighted by atomic mass is 9.77. The van der Waals surface area contributed by atoms with Crippen molar-refractivity contribution < 1.29 is 32.7 Å². The van der Waals surface area contributed by atoms with E-state index in [0.717, 1.165) is 91.9 Å².